The third-order valence-corrected chi connectivity index (χ3v) is 7.14. The second kappa shape index (κ2) is 10.8. The van der Waals surface area contributed by atoms with Crippen molar-refractivity contribution in [2.45, 2.75) is 17.9 Å². The molecule has 1 unspecified atom stereocenters. The van der Waals surface area contributed by atoms with Gasteiger partial charge >= 0.3 is 0 Å². The Kier molecular flexibility index (Phi) is 7.62. The van der Waals surface area contributed by atoms with Gasteiger partial charge in [-0.2, -0.15) is 0 Å². The number of amides is 1. The number of aryl methyl sites for hydroxylation is 1. The third kappa shape index (κ3) is 6.22. The van der Waals surface area contributed by atoms with Crippen molar-refractivity contribution in [2.24, 2.45) is 0 Å². The van der Waals surface area contributed by atoms with Gasteiger partial charge in [0.15, 0.2) is 0 Å². The number of hydrogen-bond donors (Lipinski definition) is 2. The molecule has 1 aliphatic rings. The first-order chi connectivity index (χ1) is 16.4. The summed E-state index contributed by atoms with van der Waals surface area (Å²) >= 11 is 0. The highest BCUT2D eigenvalue weighted by atomic mass is 32.2. The zero-order valence-corrected chi connectivity index (χ0v) is 19.9. The summed E-state index contributed by atoms with van der Waals surface area (Å²) in [5.41, 5.74) is 2.78. The molecule has 2 N–H and O–H groups in total. The van der Waals surface area contributed by atoms with Gasteiger partial charge in [0.05, 0.1) is 24.2 Å². The maximum absolute atomic E-state index is 13.2. The molecule has 1 aliphatic heterocycles. The molecule has 1 saturated heterocycles. The monoisotopic (exact) mass is 479 g/mol. The summed E-state index contributed by atoms with van der Waals surface area (Å²) in [4.78, 5) is 15.5. The van der Waals surface area contributed by atoms with Gasteiger partial charge < -0.3 is 10.1 Å². The Bertz CT molecular complexity index is 1210. The Labute approximate surface area is 200 Å². The van der Waals surface area contributed by atoms with E-state index in [1.54, 1.807) is 24.3 Å². The number of morpholine rings is 1. The number of nitrogens with one attached hydrogen (secondary N) is 2. The SMILES string of the molecule is Cc1ccc(NS(=O)(=O)c2cccc(C(=O)NC(CN3CCOCC3)c3ccccc3)c2)cc1. The first kappa shape index (κ1) is 23.9. The normalized spacial score (nSPS) is 15.4. The zero-order chi connectivity index (χ0) is 24.0. The average molecular weight is 480 g/mol. The highest BCUT2D eigenvalue weighted by Gasteiger charge is 2.22. The molecule has 1 atom stereocenters. The van der Waals surface area contributed by atoms with Gasteiger partial charge in [-0.3, -0.25) is 14.4 Å². The Morgan fingerprint density at radius 3 is 2.38 bits per heavy atom. The molecule has 3 aromatic carbocycles. The lowest BCUT2D eigenvalue weighted by molar-refractivity contribution is 0.0332. The van der Waals surface area contributed by atoms with E-state index in [0.717, 1.165) is 24.2 Å². The van der Waals surface area contributed by atoms with Crippen molar-refractivity contribution in [3.8, 4) is 0 Å². The van der Waals surface area contributed by atoms with Crippen LogP contribution in [0.15, 0.2) is 83.8 Å². The molecule has 1 heterocycles. The third-order valence-electron chi connectivity index (χ3n) is 5.76. The van der Waals surface area contributed by atoms with Crippen molar-refractivity contribution in [1.29, 1.82) is 0 Å². The highest BCUT2D eigenvalue weighted by molar-refractivity contribution is 7.92. The summed E-state index contributed by atoms with van der Waals surface area (Å²) in [6.07, 6.45) is 0. The van der Waals surface area contributed by atoms with E-state index in [-0.39, 0.29) is 22.4 Å². The van der Waals surface area contributed by atoms with Crippen LogP contribution in [0.3, 0.4) is 0 Å². The lowest BCUT2D eigenvalue weighted by Crippen LogP contribution is -2.43. The maximum atomic E-state index is 13.2. The van der Waals surface area contributed by atoms with Crippen LogP contribution in [0.25, 0.3) is 0 Å². The number of carbonyl (C=O) groups is 1. The van der Waals surface area contributed by atoms with E-state index in [4.69, 9.17) is 4.74 Å². The van der Waals surface area contributed by atoms with E-state index in [9.17, 15) is 13.2 Å². The molecule has 3 aromatic rings. The van der Waals surface area contributed by atoms with Gasteiger partial charge in [-0.15, -0.1) is 0 Å². The fourth-order valence-electron chi connectivity index (χ4n) is 3.84. The summed E-state index contributed by atoms with van der Waals surface area (Å²) in [6.45, 7) is 5.52. The quantitative estimate of drug-likeness (QED) is 0.516. The average Bonchev–Trinajstić information content (AvgIpc) is 2.86. The summed E-state index contributed by atoms with van der Waals surface area (Å²) in [5.74, 6) is -0.325. The Hall–Kier alpha value is -3.20. The molecule has 1 amide bonds. The number of nitrogens with zero attached hydrogens (tertiary/aromatic N) is 1. The summed E-state index contributed by atoms with van der Waals surface area (Å²) < 4.78 is 33.8. The van der Waals surface area contributed by atoms with Crippen LogP contribution >= 0.6 is 0 Å². The van der Waals surface area contributed by atoms with Crippen LogP contribution < -0.4 is 10.0 Å². The van der Waals surface area contributed by atoms with Crippen molar-refractivity contribution in [1.82, 2.24) is 10.2 Å². The Morgan fingerprint density at radius 1 is 0.971 bits per heavy atom. The van der Waals surface area contributed by atoms with Gasteiger partial charge in [-0.05, 0) is 42.8 Å². The summed E-state index contributed by atoms with van der Waals surface area (Å²) in [7, 11) is -3.84. The van der Waals surface area contributed by atoms with E-state index >= 15 is 0 Å². The fourth-order valence-corrected chi connectivity index (χ4v) is 4.95. The molecule has 7 nitrogen and oxygen atoms in total. The molecule has 0 spiro atoms. The number of sulfonamides is 1. The van der Waals surface area contributed by atoms with Gasteiger partial charge in [0.2, 0.25) is 0 Å². The van der Waals surface area contributed by atoms with Crippen LogP contribution in [-0.2, 0) is 14.8 Å². The van der Waals surface area contributed by atoms with Crippen molar-refractivity contribution < 1.29 is 17.9 Å². The topological polar surface area (TPSA) is 87.7 Å². The number of hydrogen-bond acceptors (Lipinski definition) is 5. The standard InChI is InChI=1S/C26H29N3O4S/c1-20-10-12-23(13-11-20)28-34(31,32)24-9-5-8-22(18-24)26(30)27-25(21-6-3-2-4-7-21)19-29-14-16-33-17-15-29/h2-13,18,25,28H,14-17,19H2,1H3,(H,27,30). The highest BCUT2D eigenvalue weighted by Crippen LogP contribution is 2.20. The second-order valence-electron chi connectivity index (χ2n) is 8.35. The van der Waals surface area contributed by atoms with Crippen molar-refractivity contribution in [3.05, 3.63) is 95.6 Å². The van der Waals surface area contributed by atoms with Crippen molar-refractivity contribution >= 4 is 21.6 Å². The maximum Gasteiger partial charge on any atom is 0.261 e. The predicted molar refractivity (Wildman–Crippen MR) is 132 cm³/mol. The van der Waals surface area contributed by atoms with E-state index < -0.39 is 10.0 Å². The summed E-state index contributed by atoms with van der Waals surface area (Å²) in [5, 5.41) is 3.09. The molecule has 0 radical (unpaired) electrons. The van der Waals surface area contributed by atoms with Crippen molar-refractivity contribution in [3.63, 3.8) is 0 Å². The molecule has 4 rings (SSSR count). The number of carbonyl (C=O) groups excluding carboxylic acids is 1. The second-order valence-corrected chi connectivity index (χ2v) is 10.0. The molecule has 0 aromatic heterocycles. The van der Waals surface area contributed by atoms with E-state index in [1.807, 2.05) is 49.4 Å². The molecule has 8 heteroatoms. The zero-order valence-electron chi connectivity index (χ0n) is 19.1. The van der Waals surface area contributed by atoms with Crippen molar-refractivity contribution in [2.75, 3.05) is 37.6 Å². The summed E-state index contributed by atoms with van der Waals surface area (Å²) in [6, 6.07) is 22.7. The number of ether oxygens (including phenoxy) is 1. The molecular weight excluding hydrogens is 450 g/mol. The minimum Gasteiger partial charge on any atom is -0.379 e. The Balaban J connectivity index is 1.52. The van der Waals surface area contributed by atoms with Crippen LogP contribution in [0.5, 0.6) is 0 Å². The molecule has 178 valence electrons. The minimum absolute atomic E-state index is 0.0326. The van der Waals surface area contributed by atoms with Gasteiger partial charge in [0.25, 0.3) is 15.9 Å². The van der Waals surface area contributed by atoms with Gasteiger partial charge in [-0.25, -0.2) is 8.42 Å². The van der Waals surface area contributed by atoms with Crippen LogP contribution in [0.1, 0.15) is 27.5 Å². The number of rotatable bonds is 8. The predicted octanol–water partition coefficient (Wildman–Crippen LogP) is 3.60. The van der Waals surface area contributed by atoms with Crippen LogP contribution in [-0.4, -0.2) is 52.1 Å². The molecule has 34 heavy (non-hydrogen) atoms. The van der Waals surface area contributed by atoms with Gasteiger partial charge in [-0.1, -0.05) is 54.1 Å². The molecular formula is C26H29N3O4S. The Morgan fingerprint density at radius 2 is 1.68 bits per heavy atom. The largest absolute Gasteiger partial charge is 0.379 e. The first-order valence-corrected chi connectivity index (χ1v) is 12.7. The van der Waals surface area contributed by atoms with E-state index in [2.05, 4.69) is 14.9 Å². The van der Waals surface area contributed by atoms with Crippen LogP contribution in [0.2, 0.25) is 0 Å². The van der Waals surface area contributed by atoms with Gasteiger partial charge in [0, 0.05) is 30.9 Å². The fraction of sp³-hybridized carbons (Fsp3) is 0.269. The molecule has 0 aliphatic carbocycles. The van der Waals surface area contributed by atoms with E-state index in [0.29, 0.717) is 25.4 Å². The molecule has 0 saturated carbocycles. The lowest BCUT2D eigenvalue weighted by atomic mass is 10.1. The number of anilines is 1. The van der Waals surface area contributed by atoms with Crippen LogP contribution in [0.4, 0.5) is 5.69 Å². The minimum atomic E-state index is -3.84. The van der Waals surface area contributed by atoms with E-state index in [1.165, 1.54) is 12.1 Å². The first-order valence-electron chi connectivity index (χ1n) is 11.3. The number of benzene rings is 3. The molecule has 1 fully saturated rings. The van der Waals surface area contributed by atoms with Gasteiger partial charge in [0.1, 0.15) is 0 Å². The lowest BCUT2D eigenvalue weighted by Gasteiger charge is -2.31. The van der Waals surface area contributed by atoms with Crippen LogP contribution in [0, 0.1) is 6.92 Å². The molecule has 0 bridgehead atoms. The smallest absolute Gasteiger partial charge is 0.261 e.